The minimum absolute atomic E-state index is 0.00447. The summed E-state index contributed by atoms with van der Waals surface area (Å²) in [6.07, 6.45) is 7.56. The van der Waals surface area contributed by atoms with E-state index in [1.165, 1.54) is 25.7 Å². The molecule has 1 aliphatic heterocycles. The van der Waals surface area contributed by atoms with E-state index in [1.54, 1.807) is 20.8 Å². The van der Waals surface area contributed by atoms with Crippen LogP contribution in [0.5, 0.6) is 0 Å². The number of carbonyl (C=O) groups excluding carboxylic acids is 3. The molecular weight excluding hydrogens is 512 g/mol. The number of benzene rings is 1. The highest BCUT2D eigenvalue weighted by Gasteiger charge is 2.60. The number of carboxylic acid groups (broad SMARTS) is 1. The Morgan fingerprint density at radius 3 is 2.23 bits per heavy atom. The molecule has 0 saturated carbocycles. The van der Waals surface area contributed by atoms with Crippen LogP contribution in [0, 0.1) is 5.92 Å². The Hall–Kier alpha value is -2.78. The van der Waals surface area contributed by atoms with Gasteiger partial charge in [0.15, 0.2) is 0 Å². The Labute approximate surface area is 239 Å². The first-order chi connectivity index (χ1) is 19.0. The van der Waals surface area contributed by atoms with Gasteiger partial charge < -0.3 is 19.9 Å². The molecule has 0 aliphatic carbocycles. The quantitative estimate of drug-likeness (QED) is 0.161. The summed E-state index contributed by atoms with van der Waals surface area (Å²) in [6.45, 7) is 7.59. The molecule has 0 radical (unpaired) electrons. The van der Waals surface area contributed by atoms with E-state index in [0.717, 1.165) is 24.8 Å². The minimum atomic E-state index is -1.19. The molecule has 9 heteroatoms. The second-order valence-corrected chi connectivity index (χ2v) is 11.8. The van der Waals surface area contributed by atoms with Crippen molar-refractivity contribution in [3.05, 3.63) is 35.9 Å². The average molecular weight is 562 g/mol. The Morgan fingerprint density at radius 1 is 1.00 bits per heavy atom. The molecule has 2 N–H and O–H groups in total. The van der Waals surface area contributed by atoms with E-state index in [-0.39, 0.29) is 19.7 Å². The molecule has 224 valence electrons. The highest BCUT2D eigenvalue weighted by Crippen LogP contribution is 2.30. The molecule has 0 aromatic heterocycles. The van der Waals surface area contributed by atoms with Crippen molar-refractivity contribution in [2.45, 2.75) is 110 Å². The number of amides is 2. The Balaban J connectivity index is 2.28. The number of ether oxygens (including phenoxy) is 2. The van der Waals surface area contributed by atoms with Crippen molar-refractivity contribution in [1.29, 1.82) is 0 Å². The molecule has 0 spiro atoms. The van der Waals surface area contributed by atoms with Crippen LogP contribution in [-0.2, 0) is 30.5 Å². The molecule has 2 rings (SSSR count). The van der Waals surface area contributed by atoms with E-state index >= 15 is 0 Å². The van der Waals surface area contributed by atoms with Gasteiger partial charge in [-0.3, -0.25) is 4.79 Å². The average Bonchev–Trinajstić information content (AvgIpc) is 2.91. The molecule has 1 aromatic carbocycles. The number of carboxylic acids is 1. The van der Waals surface area contributed by atoms with Crippen molar-refractivity contribution in [2.24, 2.45) is 5.92 Å². The van der Waals surface area contributed by atoms with E-state index < -0.39 is 52.4 Å². The summed E-state index contributed by atoms with van der Waals surface area (Å²) in [5.41, 5.74) is -0.133. The molecule has 40 heavy (non-hydrogen) atoms. The molecule has 1 aromatic rings. The van der Waals surface area contributed by atoms with Crippen molar-refractivity contribution >= 4 is 23.9 Å². The van der Waals surface area contributed by atoms with Crippen LogP contribution in [0.3, 0.4) is 0 Å². The molecule has 1 unspecified atom stereocenters. The molecule has 0 bridgehead atoms. The summed E-state index contributed by atoms with van der Waals surface area (Å²) >= 11 is 0. The van der Waals surface area contributed by atoms with Crippen molar-refractivity contribution < 1.29 is 38.2 Å². The fraction of sp³-hybridized carbons (Fsp3) is 0.677. The van der Waals surface area contributed by atoms with Crippen LogP contribution < -0.4 is 5.32 Å². The van der Waals surface area contributed by atoms with Crippen molar-refractivity contribution in [1.82, 2.24) is 5.32 Å². The van der Waals surface area contributed by atoms with E-state index in [4.69, 9.17) is 9.47 Å². The fourth-order valence-corrected chi connectivity index (χ4v) is 5.18. The van der Waals surface area contributed by atoms with Crippen LogP contribution in [0.15, 0.2) is 30.3 Å². The van der Waals surface area contributed by atoms with Gasteiger partial charge in [-0.15, -0.1) is 4.48 Å². The Kier molecular flexibility index (Phi) is 13.8. The van der Waals surface area contributed by atoms with E-state index in [1.807, 2.05) is 30.3 Å². The monoisotopic (exact) mass is 561 g/mol. The number of imide groups is 1. The maximum atomic E-state index is 14.3. The van der Waals surface area contributed by atoms with Crippen molar-refractivity contribution in [3.63, 3.8) is 0 Å². The number of quaternary nitrogens is 1. The number of nitrogens with zero attached hydrogens (tertiary/aromatic N) is 1. The van der Waals surface area contributed by atoms with Gasteiger partial charge in [-0.1, -0.05) is 88.6 Å². The third kappa shape index (κ3) is 10.3. The van der Waals surface area contributed by atoms with Gasteiger partial charge in [0.1, 0.15) is 18.8 Å². The summed E-state index contributed by atoms with van der Waals surface area (Å²) in [5, 5.41) is 12.8. The molecule has 1 heterocycles. The zero-order chi connectivity index (χ0) is 29.6. The highest BCUT2D eigenvalue weighted by molar-refractivity contribution is 5.90. The summed E-state index contributed by atoms with van der Waals surface area (Å²) in [6, 6.07) is 7.97. The maximum absolute atomic E-state index is 14.3. The molecule has 9 nitrogen and oxygen atoms in total. The number of esters is 1. The number of carbonyl (C=O) groups is 4. The molecule has 1 fully saturated rings. The number of piperazine rings is 1. The SMILES string of the molecule is CCCCCCCCCC[C@H](CC(=O)O)C(=O)[N@@+]1(C(=O)OC(C)(C)C)CCNCC1C(=O)OCc1ccccc1. The lowest BCUT2D eigenvalue weighted by molar-refractivity contribution is -0.806. The second-order valence-electron chi connectivity index (χ2n) is 11.8. The summed E-state index contributed by atoms with van der Waals surface area (Å²) in [4.78, 5) is 53.4. The van der Waals surface area contributed by atoms with Gasteiger partial charge in [0, 0.05) is 6.54 Å². The zero-order valence-corrected chi connectivity index (χ0v) is 24.8. The Morgan fingerprint density at radius 2 is 1.62 bits per heavy atom. The number of nitrogens with one attached hydrogen (secondary N) is 1. The van der Waals surface area contributed by atoms with Gasteiger partial charge in [0.25, 0.3) is 0 Å². The lowest BCUT2D eigenvalue weighted by Gasteiger charge is -2.42. The number of hydrogen-bond donors (Lipinski definition) is 2. The third-order valence-corrected chi connectivity index (χ3v) is 7.30. The predicted octanol–water partition coefficient (Wildman–Crippen LogP) is 5.60. The van der Waals surface area contributed by atoms with Crippen LogP contribution in [0.2, 0.25) is 0 Å². The lowest BCUT2D eigenvalue weighted by Crippen LogP contribution is -2.74. The Bertz CT molecular complexity index is 960. The van der Waals surface area contributed by atoms with Gasteiger partial charge in [0.05, 0.1) is 18.9 Å². The van der Waals surface area contributed by atoms with Gasteiger partial charge in [0.2, 0.25) is 6.04 Å². The van der Waals surface area contributed by atoms with Crippen LogP contribution in [0.1, 0.15) is 97.5 Å². The minimum Gasteiger partial charge on any atom is -0.481 e. The molecule has 3 atom stereocenters. The van der Waals surface area contributed by atoms with E-state index in [0.29, 0.717) is 19.4 Å². The topological polar surface area (TPSA) is 119 Å². The highest BCUT2D eigenvalue weighted by atomic mass is 16.6. The first kappa shape index (κ1) is 33.4. The first-order valence-corrected chi connectivity index (χ1v) is 14.8. The predicted molar refractivity (Wildman–Crippen MR) is 152 cm³/mol. The molecular formula is C31H49N2O7+. The lowest BCUT2D eigenvalue weighted by atomic mass is 9.92. The van der Waals surface area contributed by atoms with Crippen LogP contribution >= 0.6 is 0 Å². The summed E-state index contributed by atoms with van der Waals surface area (Å²) in [7, 11) is 0. The molecule has 1 aliphatic rings. The summed E-state index contributed by atoms with van der Waals surface area (Å²) < 4.78 is 10.4. The second kappa shape index (κ2) is 16.5. The van der Waals surface area contributed by atoms with Gasteiger partial charge in [-0.25, -0.2) is 9.59 Å². The van der Waals surface area contributed by atoms with Gasteiger partial charge in [-0.05, 0) is 32.8 Å². The molecule has 1 saturated heterocycles. The zero-order valence-electron chi connectivity index (χ0n) is 24.8. The number of rotatable bonds is 15. The number of aliphatic carboxylic acids is 1. The van der Waals surface area contributed by atoms with Crippen LogP contribution in [-0.4, -0.2) is 64.8 Å². The van der Waals surface area contributed by atoms with E-state index in [2.05, 4.69) is 12.2 Å². The van der Waals surface area contributed by atoms with Crippen LogP contribution in [0.4, 0.5) is 4.79 Å². The van der Waals surface area contributed by atoms with Gasteiger partial charge >= 0.3 is 23.9 Å². The molecule has 2 amide bonds. The smallest absolute Gasteiger partial charge is 0.481 e. The number of unbranched alkanes of at least 4 members (excludes halogenated alkanes) is 7. The summed E-state index contributed by atoms with van der Waals surface area (Å²) in [5.74, 6) is -3.31. The van der Waals surface area contributed by atoms with E-state index in [9.17, 15) is 24.3 Å². The first-order valence-electron chi connectivity index (χ1n) is 14.8. The van der Waals surface area contributed by atoms with Crippen molar-refractivity contribution in [3.8, 4) is 0 Å². The fourth-order valence-electron chi connectivity index (χ4n) is 5.18. The van der Waals surface area contributed by atoms with Crippen molar-refractivity contribution in [2.75, 3.05) is 19.6 Å². The largest absolute Gasteiger partial charge is 0.524 e. The third-order valence-electron chi connectivity index (χ3n) is 7.30. The normalized spacial score (nSPS) is 19.9. The number of hydrogen-bond acceptors (Lipinski definition) is 7. The van der Waals surface area contributed by atoms with Crippen LogP contribution in [0.25, 0.3) is 0 Å². The van der Waals surface area contributed by atoms with Gasteiger partial charge in [-0.2, -0.15) is 4.79 Å². The standard InChI is InChI=1S/C31H48N2O7/c1-5-6-7-8-9-10-11-15-18-25(21-27(34)35)28(36)33(30(38)40-31(2,3)4)20-19-32-22-26(33)29(37)39-23-24-16-13-12-14-17-24/h12-14,16-17,25-26,32H,5-11,15,18-23H2,1-4H3/p+1/t25-,26?,33-/m1/s1. The maximum Gasteiger partial charge on any atom is 0.524 e.